The molecule has 3 rings (SSSR count). The van der Waals surface area contributed by atoms with Crippen molar-refractivity contribution in [1.29, 1.82) is 0 Å². The summed E-state index contributed by atoms with van der Waals surface area (Å²) in [5.41, 5.74) is 1.22. The molecule has 2 N–H and O–H groups in total. The van der Waals surface area contributed by atoms with Crippen LogP contribution in [0.2, 0.25) is 5.02 Å². The minimum absolute atomic E-state index is 0.0222. The molecule has 2 aromatic carbocycles. The zero-order chi connectivity index (χ0) is 20.1. The number of carbonyl (C=O) groups excluding carboxylic acids is 2. The van der Waals surface area contributed by atoms with Gasteiger partial charge in [0.1, 0.15) is 11.0 Å². The molecule has 0 aromatic heterocycles. The van der Waals surface area contributed by atoms with E-state index in [2.05, 4.69) is 16.9 Å². The number of rotatable bonds is 6. The molecule has 0 saturated carbocycles. The van der Waals surface area contributed by atoms with Gasteiger partial charge in [-0.15, -0.1) is 6.58 Å². The minimum Gasteiger partial charge on any atom is -0.508 e. The number of phenols is 1. The Kier molecular flexibility index (Phi) is 6.38. The first kappa shape index (κ1) is 20.0. The van der Waals surface area contributed by atoms with Crippen LogP contribution >= 0.6 is 23.4 Å². The summed E-state index contributed by atoms with van der Waals surface area (Å²) in [7, 11) is 0. The van der Waals surface area contributed by atoms with Crippen LogP contribution in [0.1, 0.15) is 6.42 Å². The van der Waals surface area contributed by atoms with Crippen molar-refractivity contribution in [2.75, 3.05) is 11.9 Å². The van der Waals surface area contributed by atoms with Crippen molar-refractivity contribution in [3.8, 4) is 5.75 Å². The Bertz CT molecular complexity index is 913. The first-order valence-corrected chi connectivity index (χ1v) is 9.74. The van der Waals surface area contributed by atoms with E-state index in [9.17, 15) is 14.7 Å². The van der Waals surface area contributed by atoms with E-state index in [0.29, 0.717) is 28.1 Å². The van der Waals surface area contributed by atoms with Gasteiger partial charge in [0.25, 0.3) is 0 Å². The van der Waals surface area contributed by atoms with E-state index in [1.165, 1.54) is 28.8 Å². The number of hydrogen-bond acceptors (Lipinski definition) is 5. The van der Waals surface area contributed by atoms with E-state index in [1.807, 2.05) is 0 Å². The molecule has 1 aliphatic heterocycles. The number of anilines is 1. The van der Waals surface area contributed by atoms with Crippen LogP contribution in [0.5, 0.6) is 5.75 Å². The molecule has 6 nitrogen and oxygen atoms in total. The van der Waals surface area contributed by atoms with Crippen molar-refractivity contribution in [3.05, 3.63) is 66.2 Å². The van der Waals surface area contributed by atoms with Crippen LogP contribution in [0.4, 0.5) is 11.4 Å². The van der Waals surface area contributed by atoms with Gasteiger partial charge in [0.05, 0.1) is 5.69 Å². The second-order valence-corrected chi connectivity index (χ2v) is 7.62. The molecule has 0 radical (unpaired) electrons. The van der Waals surface area contributed by atoms with Crippen LogP contribution in [0, 0.1) is 0 Å². The quantitative estimate of drug-likeness (QED) is 0.693. The number of carbonyl (C=O) groups is 2. The monoisotopic (exact) mass is 415 g/mol. The van der Waals surface area contributed by atoms with E-state index in [1.54, 1.807) is 42.5 Å². The zero-order valence-corrected chi connectivity index (χ0v) is 16.4. The van der Waals surface area contributed by atoms with Gasteiger partial charge in [0.15, 0.2) is 5.17 Å². The van der Waals surface area contributed by atoms with E-state index in [-0.39, 0.29) is 24.0 Å². The number of nitrogens with zero attached hydrogens (tertiary/aromatic N) is 2. The molecular weight excluding hydrogens is 398 g/mol. The fourth-order valence-electron chi connectivity index (χ4n) is 2.57. The summed E-state index contributed by atoms with van der Waals surface area (Å²) in [6.45, 7) is 3.98. The second-order valence-electron chi connectivity index (χ2n) is 6.01. The number of thioether (sulfide) groups is 1. The maximum absolute atomic E-state index is 12.7. The molecule has 0 aliphatic carbocycles. The number of hydrogen-bond donors (Lipinski definition) is 2. The van der Waals surface area contributed by atoms with E-state index >= 15 is 0 Å². The van der Waals surface area contributed by atoms with Gasteiger partial charge in [-0.25, -0.2) is 4.99 Å². The van der Waals surface area contributed by atoms with Crippen LogP contribution in [0.3, 0.4) is 0 Å². The highest BCUT2D eigenvalue weighted by molar-refractivity contribution is 8.15. The highest BCUT2D eigenvalue weighted by Gasteiger charge is 2.38. The summed E-state index contributed by atoms with van der Waals surface area (Å²) < 4.78 is 0. The average molecular weight is 416 g/mol. The molecule has 28 heavy (non-hydrogen) atoms. The fraction of sp³-hybridized carbons (Fsp3) is 0.150. The Labute approximate surface area is 171 Å². The van der Waals surface area contributed by atoms with Crippen molar-refractivity contribution < 1.29 is 14.7 Å². The van der Waals surface area contributed by atoms with Gasteiger partial charge in [0.2, 0.25) is 11.8 Å². The molecule has 1 fully saturated rings. The largest absolute Gasteiger partial charge is 0.508 e. The number of benzene rings is 2. The summed E-state index contributed by atoms with van der Waals surface area (Å²) in [4.78, 5) is 31.1. The summed E-state index contributed by atoms with van der Waals surface area (Å²) in [5.74, 6) is -0.315. The minimum atomic E-state index is -0.567. The van der Waals surface area contributed by atoms with Crippen molar-refractivity contribution in [2.24, 2.45) is 4.99 Å². The third-order valence-corrected chi connectivity index (χ3v) is 5.33. The zero-order valence-electron chi connectivity index (χ0n) is 14.8. The Balaban J connectivity index is 1.72. The average Bonchev–Trinajstić information content (AvgIpc) is 2.94. The van der Waals surface area contributed by atoms with Gasteiger partial charge in [-0.1, -0.05) is 29.4 Å². The normalized spacial score (nSPS) is 17.8. The summed E-state index contributed by atoms with van der Waals surface area (Å²) in [6.07, 6.45) is 1.63. The number of halogens is 1. The van der Waals surface area contributed by atoms with Crippen molar-refractivity contribution in [1.82, 2.24) is 4.90 Å². The Morgan fingerprint density at radius 2 is 1.93 bits per heavy atom. The van der Waals surface area contributed by atoms with Crippen LogP contribution in [-0.2, 0) is 9.59 Å². The Morgan fingerprint density at radius 3 is 2.57 bits per heavy atom. The third-order valence-electron chi connectivity index (χ3n) is 3.90. The van der Waals surface area contributed by atoms with Gasteiger partial charge >= 0.3 is 0 Å². The lowest BCUT2D eigenvalue weighted by Gasteiger charge is -2.13. The molecule has 1 heterocycles. The molecule has 0 spiro atoms. The molecule has 1 atom stereocenters. The predicted molar refractivity (Wildman–Crippen MR) is 113 cm³/mol. The standard InChI is InChI=1S/C20H18ClN3O3S/c1-2-11-24-19(27)17(12-18(26)22-14-5-3-13(21)4-6-14)28-20(24)23-15-7-9-16(25)10-8-15/h2-10,17,25H,1,11-12H2,(H,22,26). The first-order chi connectivity index (χ1) is 13.5. The van der Waals surface area contributed by atoms with Crippen molar-refractivity contribution in [3.63, 3.8) is 0 Å². The van der Waals surface area contributed by atoms with Crippen molar-refractivity contribution >= 4 is 51.7 Å². The second kappa shape index (κ2) is 8.95. The number of aromatic hydroxyl groups is 1. The third kappa shape index (κ3) is 4.94. The van der Waals surface area contributed by atoms with Gasteiger partial charge in [-0.3, -0.25) is 14.5 Å². The summed E-state index contributed by atoms with van der Waals surface area (Å²) in [5, 5.41) is 12.7. The summed E-state index contributed by atoms with van der Waals surface area (Å²) in [6, 6.07) is 13.1. The fourth-order valence-corrected chi connectivity index (χ4v) is 3.87. The molecular formula is C20H18ClN3O3S. The van der Waals surface area contributed by atoms with Crippen LogP contribution in [0.25, 0.3) is 0 Å². The van der Waals surface area contributed by atoms with E-state index in [0.717, 1.165) is 0 Å². The lowest BCUT2D eigenvalue weighted by molar-refractivity contribution is -0.127. The number of aliphatic imine (C=N–C) groups is 1. The van der Waals surface area contributed by atoms with Crippen LogP contribution in [-0.4, -0.2) is 38.8 Å². The molecule has 1 aliphatic rings. The Morgan fingerprint density at radius 1 is 1.25 bits per heavy atom. The smallest absolute Gasteiger partial charge is 0.242 e. The summed E-state index contributed by atoms with van der Waals surface area (Å²) >= 11 is 7.08. The van der Waals surface area contributed by atoms with Gasteiger partial charge in [-0.05, 0) is 48.5 Å². The number of amidine groups is 1. The maximum atomic E-state index is 12.7. The lowest BCUT2D eigenvalue weighted by Crippen LogP contribution is -2.33. The maximum Gasteiger partial charge on any atom is 0.242 e. The highest BCUT2D eigenvalue weighted by atomic mass is 35.5. The SMILES string of the molecule is C=CCN1C(=O)C(CC(=O)Nc2ccc(Cl)cc2)SC1=Nc1ccc(O)cc1. The first-order valence-electron chi connectivity index (χ1n) is 8.48. The number of nitrogens with one attached hydrogen (secondary N) is 1. The molecule has 2 aromatic rings. The molecule has 2 amide bonds. The van der Waals surface area contributed by atoms with Gasteiger partial charge in [0, 0.05) is 23.7 Å². The topological polar surface area (TPSA) is 82.0 Å². The molecule has 1 saturated heterocycles. The molecule has 1 unspecified atom stereocenters. The molecule has 8 heteroatoms. The van der Waals surface area contributed by atoms with E-state index < -0.39 is 5.25 Å². The van der Waals surface area contributed by atoms with E-state index in [4.69, 9.17) is 11.6 Å². The molecule has 0 bridgehead atoms. The lowest BCUT2D eigenvalue weighted by atomic mass is 10.2. The van der Waals surface area contributed by atoms with Crippen molar-refractivity contribution in [2.45, 2.75) is 11.7 Å². The number of amides is 2. The Hall–Kier alpha value is -2.77. The number of phenolic OH excluding ortho intramolecular Hbond substituents is 1. The van der Waals surface area contributed by atoms with Gasteiger partial charge in [-0.2, -0.15) is 0 Å². The predicted octanol–water partition coefficient (Wildman–Crippen LogP) is 4.19. The molecule has 144 valence electrons. The highest BCUT2D eigenvalue weighted by Crippen LogP contribution is 2.32. The van der Waals surface area contributed by atoms with Gasteiger partial charge < -0.3 is 10.4 Å². The van der Waals surface area contributed by atoms with Crippen LogP contribution in [0.15, 0.2) is 66.2 Å². The van der Waals surface area contributed by atoms with Crippen LogP contribution < -0.4 is 5.32 Å².